The van der Waals surface area contributed by atoms with Crippen molar-refractivity contribution in [3.05, 3.63) is 59.3 Å². The molecule has 0 saturated heterocycles. The van der Waals surface area contributed by atoms with E-state index in [2.05, 4.69) is 9.73 Å². The summed E-state index contributed by atoms with van der Waals surface area (Å²) in [6.45, 7) is 0. The lowest BCUT2D eigenvalue weighted by atomic mass is 10.0. The summed E-state index contributed by atoms with van der Waals surface area (Å²) >= 11 is 0. The van der Waals surface area contributed by atoms with Crippen LogP contribution in [0.2, 0.25) is 0 Å². The lowest BCUT2D eigenvalue weighted by Gasteiger charge is -2.28. The molecule has 0 bridgehead atoms. The van der Waals surface area contributed by atoms with E-state index in [4.69, 9.17) is 0 Å². The fourth-order valence-corrected chi connectivity index (χ4v) is 4.75. The van der Waals surface area contributed by atoms with Gasteiger partial charge in [0, 0.05) is 0 Å². The standard InChI is InChI=1S/C21H18F7N3O4S/c22-13-3-1-12(2-4-13)17(21(26,27)28)30-15(18(32)31-19(11-29)7-8-19)10-36(33,34)9-14-5-6-16(35-14)20(23,24)25/h1-6,15,17,30H,7-10H2,(H,31,32)/t15-,17-/m0/s1. The van der Waals surface area contributed by atoms with E-state index >= 15 is 0 Å². The second kappa shape index (κ2) is 9.74. The van der Waals surface area contributed by atoms with Gasteiger partial charge in [-0.1, -0.05) is 12.1 Å². The van der Waals surface area contributed by atoms with Crippen LogP contribution in [0.3, 0.4) is 0 Å². The SMILES string of the molecule is N#CC1(NC(=O)[C@H](CS(=O)(=O)Cc2ccc(C(F)(F)F)o2)N[C@@H](c2ccc(F)cc2)C(F)(F)F)CC1. The van der Waals surface area contributed by atoms with Crippen LogP contribution in [0.1, 0.15) is 36.0 Å². The lowest BCUT2D eigenvalue weighted by molar-refractivity contribution is -0.160. The van der Waals surface area contributed by atoms with Crippen molar-refractivity contribution < 1.29 is 48.4 Å². The number of furan rings is 1. The van der Waals surface area contributed by atoms with Crippen LogP contribution in [0, 0.1) is 17.1 Å². The molecule has 196 valence electrons. The van der Waals surface area contributed by atoms with Crippen molar-refractivity contribution in [2.75, 3.05) is 5.75 Å². The molecule has 36 heavy (non-hydrogen) atoms. The number of carbonyl (C=O) groups excluding carboxylic acids is 1. The molecule has 1 aromatic carbocycles. The molecule has 1 aliphatic carbocycles. The fraction of sp³-hybridized carbons (Fsp3) is 0.429. The van der Waals surface area contributed by atoms with Gasteiger partial charge in [-0.25, -0.2) is 12.8 Å². The number of halogens is 7. The van der Waals surface area contributed by atoms with Crippen molar-refractivity contribution in [1.29, 1.82) is 5.26 Å². The van der Waals surface area contributed by atoms with E-state index in [0.717, 1.165) is 30.3 Å². The summed E-state index contributed by atoms with van der Waals surface area (Å²) in [5.41, 5.74) is -1.88. The molecular weight excluding hydrogens is 523 g/mol. The van der Waals surface area contributed by atoms with Crippen LogP contribution in [0.25, 0.3) is 0 Å². The van der Waals surface area contributed by atoms with Gasteiger partial charge in [-0.15, -0.1) is 0 Å². The highest BCUT2D eigenvalue weighted by atomic mass is 32.2. The van der Waals surface area contributed by atoms with Crippen LogP contribution < -0.4 is 10.6 Å². The van der Waals surface area contributed by atoms with Crippen LogP contribution in [-0.2, 0) is 26.6 Å². The van der Waals surface area contributed by atoms with E-state index in [9.17, 15) is 49.2 Å². The van der Waals surface area contributed by atoms with Gasteiger partial charge in [0.1, 0.15) is 35.0 Å². The summed E-state index contributed by atoms with van der Waals surface area (Å²) < 4.78 is 123. The first-order valence-electron chi connectivity index (χ1n) is 10.2. The molecule has 0 unspecified atom stereocenters. The average Bonchev–Trinajstić information content (AvgIpc) is 3.36. The minimum absolute atomic E-state index is 0.196. The fourth-order valence-electron chi connectivity index (χ4n) is 3.29. The molecule has 1 aromatic heterocycles. The number of hydrogen-bond donors (Lipinski definition) is 2. The van der Waals surface area contributed by atoms with Crippen LogP contribution in [0.15, 0.2) is 40.8 Å². The van der Waals surface area contributed by atoms with Crippen LogP contribution in [-0.4, -0.2) is 37.8 Å². The maximum Gasteiger partial charge on any atom is 0.449 e. The molecule has 2 atom stereocenters. The van der Waals surface area contributed by atoms with Gasteiger partial charge < -0.3 is 9.73 Å². The Bertz CT molecular complexity index is 1240. The number of sulfone groups is 1. The van der Waals surface area contributed by atoms with Crippen molar-refractivity contribution in [3.63, 3.8) is 0 Å². The molecule has 0 radical (unpaired) electrons. The Kier molecular flexibility index (Phi) is 7.43. The Balaban J connectivity index is 1.88. The summed E-state index contributed by atoms with van der Waals surface area (Å²) in [5.74, 6) is -6.58. The molecule has 1 aliphatic rings. The van der Waals surface area contributed by atoms with Crippen LogP contribution in [0.4, 0.5) is 30.7 Å². The van der Waals surface area contributed by atoms with E-state index in [0.29, 0.717) is 6.07 Å². The van der Waals surface area contributed by atoms with E-state index < -0.39 is 80.1 Å². The molecule has 2 aromatic rings. The Morgan fingerprint density at radius 2 is 1.69 bits per heavy atom. The summed E-state index contributed by atoms with van der Waals surface area (Å²) in [6.07, 6.45) is -9.56. The number of nitrogens with one attached hydrogen (secondary N) is 2. The molecule has 1 fully saturated rings. The van der Waals surface area contributed by atoms with E-state index in [1.807, 2.05) is 5.32 Å². The summed E-state index contributed by atoms with van der Waals surface area (Å²) in [6, 6.07) is 1.41. The Labute approximate surface area is 200 Å². The number of rotatable bonds is 9. The van der Waals surface area contributed by atoms with Crippen molar-refractivity contribution in [2.45, 2.75) is 48.6 Å². The summed E-state index contributed by atoms with van der Waals surface area (Å²) in [7, 11) is -4.53. The molecule has 0 spiro atoms. The number of benzene rings is 1. The van der Waals surface area contributed by atoms with Crippen molar-refractivity contribution >= 4 is 15.7 Å². The van der Waals surface area contributed by atoms with Gasteiger partial charge in [0.25, 0.3) is 0 Å². The molecule has 1 saturated carbocycles. The molecule has 7 nitrogen and oxygen atoms in total. The summed E-state index contributed by atoms with van der Waals surface area (Å²) in [4.78, 5) is 12.8. The molecule has 15 heteroatoms. The topological polar surface area (TPSA) is 112 Å². The predicted molar refractivity (Wildman–Crippen MR) is 109 cm³/mol. The van der Waals surface area contributed by atoms with Crippen LogP contribution >= 0.6 is 0 Å². The van der Waals surface area contributed by atoms with Crippen molar-refractivity contribution in [2.24, 2.45) is 0 Å². The highest BCUT2D eigenvalue weighted by Crippen LogP contribution is 2.36. The predicted octanol–water partition coefficient (Wildman–Crippen LogP) is 3.79. The van der Waals surface area contributed by atoms with Gasteiger partial charge in [0.15, 0.2) is 9.84 Å². The molecular formula is C21H18F7N3O4S. The zero-order valence-electron chi connectivity index (χ0n) is 18.1. The van der Waals surface area contributed by atoms with Crippen LogP contribution in [0.5, 0.6) is 0 Å². The highest BCUT2D eigenvalue weighted by molar-refractivity contribution is 7.90. The van der Waals surface area contributed by atoms with E-state index in [1.165, 1.54) is 0 Å². The molecule has 2 N–H and O–H groups in total. The zero-order chi connectivity index (χ0) is 26.9. The molecule has 1 amide bonds. The number of alkyl halides is 6. The third-order valence-electron chi connectivity index (χ3n) is 5.27. The molecule has 0 aliphatic heterocycles. The highest BCUT2D eigenvalue weighted by Gasteiger charge is 2.48. The third-order valence-corrected chi connectivity index (χ3v) is 6.83. The second-order valence-corrected chi connectivity index (χ2v) is 10.4. The number of carbonyl (C=O) groups is 1. The zero-order valence-corrected chi connectivity index (χ0v) is 18.9. The first kappa shape index (κ1) is 27.5. The third kappa shape index (κ3) is 6.97. The quantitative estimate of drug-likeness (QED) is 0.468. The minimum atomic E-state index is -5.06. The largest absolute Gasteiger partial charge is 0.455 e. The summed E-state index contributed by atoms with van der Waals surface area (Å²) in [5, 5.41) is 13.3. The lowest BCUT2D eigenvalue weighted by Crippen LogP contribution is -2.54. The monoisotopic (exact) mass is 541 g/mol. The van der Waals surface area contributed by atoms with Gasteiger partial charge in [0.05, 0.1) is 11.8 Å². The normalized spacial score (nSPS) is 17.2. The van der Waals surface area contributed by atoms with Crippen molar-refractivity contribution in [1.82, 2.24) is 10.6 Å². The second-order valence-electron chi connectivity index (χ2n) is 8.25. The van der Waals surface area contributed by atoms with Gasteiger partial charge in [0.2, 0.25) is 11.7 Å². The maximum atomic E-state index is 13.8. The Hall–Kier alpha value is -3.12. The minimum Gasteiger partial charge on any atom is -0.455 e. The number of nitriles is 1. The van der Waals surface area contributed by atoms with Gasteiger partial charge in [-0.05, 0) is 42.7 Å². The number of amides is 1. The smallest absolute Gasteiger partial charge is 0.449 e. The molecule has 3 rings (SSSR count). The number of nitrogens with zero attached hydrogens (tertiary/aromatic N) is 1. The number of hydrogen-bond acceptors (Lipinski definition) is 6. The maximum absolute atomic E-state index is 13.8. The van der Waals surface area contributed by atoms with E-state index in [-0.39, 0.29) is 12.8 Å². The van der Waals surface area contributed by atoms with E-state index in [1.54, 1.807) is 6.07 Å². The molecule has 1 heterocycles. The van der Waals surface area contributed by atoms with Crippen molar-refractivity contribution in [3.8, 4) is 6.07 Å². The van der Waals surface area contributed by atoms with Gasteiger partial charge >= 0.3 is 12.4 Å². The Morgan fingerprint density at radius 1 is 1.08 bits per heavy atom. The first-order chi connectivity index (χ1) is 16.5. The first-order valence-corrected chi connectivity index (χ1v) is 12.0. The van der Waals surface area contributed by atoms with Gasteiger partial charge in [-0.2, -0.15) is 31.6 Å². The Morgan fingerprint density at radius 3 is 2.17 bits per heavy atom. The average molecular weight is 541 g/mol. The van der Waals surface area contributed by atoms with Gasteiger partial charge in [-0.3, -0.25) is 10.1 Å².